The second-order valence-electron chi connectivity index (χ2n) is 8.74. The molecule has 2 N–H and O–H groups in total. The summed E-state index contributed by atoms with van der Waals surface area (Å²) in [5.74, 6) is 1.49. The first kappa shape index (κ1) is 26.1. The number of hydrogen-bond acceptors (Lipinski definition) is 5. The minimum absolute atomic E-state index is 0.165. The molecule has 6 heteroatoms. The highest BCUT2D eigenvalue weighted by atomic mass is 16.5. The van der Waals surface area contributed by atoms with Crippen LogP contribution in [0.2, 0.25) is 0 Å². The van der Waals surface area contributed by atoms with Gasteiger partial charge in [-0.3, -0.25) is 9.59 Å². The molecular formula is C23H44N2O4. The second-order valence-corrected chi connectivity index (χ2v) is 8.74. The number of amides is 1. The first-order valence-electron chi connectivity index (χ1n) is 11.6. The minimum atomic E-state index is 0.165. The molecule has 0 atom stereocenters. The largest absolute Gasteiger partial charge is 0.377 e. The van der Waals surface area contributed by atoms with Gasteiger partial charge in [0.1, 0.15) is 5.78 Å². The molecule has 0 aromatic carbocycles. The van der Waals surface area contributed by atoms with Crippen LogP contribution < -0.4 is 10.6 Å². The highest BCUT2D eigenvalue weighted by Gasteiger charge is 2.22. The Kier molecular flexibility index (Phi) is 14.2. The zero-order valence-electron chi connectivity index (χ0n) is 19.1. The number of carbonyl (C=O) groups excluding carboxylic acids is 2. The van der Waals surface area contributed by atoms with Crippen molar-refractivity contribution in [3.8, 4) is 0 Å². The Morgan fingerprint density at radius 3 is 2.14 bits per heavy atom. The molecule has 0 spiro atoms. The molecular weight excluding hydrogens is 368 g/mol. The Balaban J connectivity index is 0.000000326. The van der Waals surface area contributed by atoms with Crippen molar-refractivity contribution < 1.29 is 19.1 Å². The van der Waals surface area contributed by atoms with Gasteiger partial charge in [0.05, 0.1) is 25.9 Å². The summed E-state index contributed by atoms with van der Waals surface area (Å²) in [6.07, 6.45) is 8.29. The van der Waals surface area contributed by atoms with Crippen LogP contribution in [0.1, 0.15) is 72.6 Å². The lowest BCUT2D eigenvalue weighted by atomic mass is 9.83. The van der Waals surface area contributed by atoms with Gasteiger partial charge in [-0.1, -0.05) is 33.1 Å². The molecule has 170 valence electrons. The first-order chi connectivity index (χ1) is 13.9. The summed E-state index contributed by atoms with van der Waals surface area (Å²) in [6.45, 7) is 12.2. The van der Waals surface area contributed by atoms with Crippen LogP contribution in [0.3, 0.4) is 0 Å². The van der Waals surface area contributed by atoms with E-state index in [1.54, 1.807) is 0 Å². The van der Waals surface area contributed by atoms with E-state index in [-0.39, 0.29) is 23.8 Å². The summed E-state index contributed by atoms with van der Waals surface area (Å²) in [5, 5.41) is 6.17. The summed E-state index contributed by atoms with van der Waals surface area (Å²) in [5.41, 5.74) is 0. The van der Waals surface area contributed by atoms with Gasteiger partial charge in [0.15, 0.2) is 0 Å². The predicted molar refractivity (Wildman–Crippen MR) is 117 cm³/mol. The Hall–Kier alpha value is -0.980. The minimum Gasteiger partial charge on any atom is -0.377 e. The maximum atomic E-state index is 11.8. The van der Waals surface area contributed by atoms with Crippen molar-refractivity contribution in [2.75, 3.05) is 39.5 Å². The van der Waals surface area contributed by atoms with Gasteiger partial charge in [-0.2, -0.15) is 0 Å². The van der Waals surface area contributed by atoms with Crippen molar-refractivity contribution in [1.82, 2.24) is 10.6 Å². The van der Waals surface area contributed by atoms with Crippen molar-refractivity contribution in [2.45, 2.75) is 78.7 Å². The number of ether oxygens (including phenoxy) is 2. The fourth-order valence-corrected chi connectivity index (χ4v) is 3.78. The van der Waals surface area contributed by atoms with E-state index in [0.717, 1.165) is 38.8 Å². The van der Waals surface area contributed by atoms with Gasteiger partial charge in [-0.15, -0.1) is 0 Å². The van der Waals surface area contributed by atoms with E-state index in [1.807, 2.05) is 27.7 Å². The van der Waals surface area contributed by atoms with E-state index in [2.05, 4.69) is 10.6 Å². The van der Waals surface area contributed by atoms with Crippen LogP contribution in [0.5, 0.6) is 0 Å². The lowest BCUT2D eigenvalue weighted by Crippen LogP contribution is -2.39. The van der Waals surface area contributed by atoms with Crippen molar-refractivity contribution >= 4 is 11.7 Å². The van der Waals surface area contributed by atoms with Gasteiger partial charge in [0.25, 0.3) is 0 Å². The van der Waals surface area contributed by atoms with E-state index in [0.29, 0.717) is 38.1 Å². The smallest absolute Gasteiger partial charge is 0.223 e. The third-order valence-corrected chi connectivity index (χ3v) is 5.51. The predicted octanol–water partition coefficient (Wildman–Crippen LogP) is 3.34. The third-order valence-electron chi connectivity index (χ3n) is 5.51. The van der Waals surface area contributed by atoms with Gasteiger partial charge in [-0.05, 0) is 52.6 Å². The molecule has 1 saturated heterocycles. The van der Waals surface area contributed by atoms with Crippen molar-refractivity contribution in [3.05, 3.63) is 0 Å². The molecule has 2 rings (SSSR count). The monoisotopic (exact) mass is 412 g/mol. The summed E-state index contributed by atoms with van der Waals surface area (Å²) in [7, 11) is 0. The average molecular weight is 413 g/mol. The molecule has 1 amide bonds. The third kappa shape index (κ3) is 12.3. The van der Waals surface area contributed by atoms with Crippen molar-refractivity contribution in [3.63, 3.8) is 0 Å². The number of ketones is 1. The van der Waals surface area contributed by atoms with Crippen LogP contribution in [-0.2, 0) is 19.1 Å². The van der Waals surface area contributed by atoms with Gasteiger partial charge in [0, 0.05) is 24.3 Å². The fourth-order valence-electron chi connectivity index (χ4n) is 3.78. The number of nitrogens with one attached hydrogen (secondary N) is 2. The van der Waals surface area contributed by atoms with Crippen molar-refractivity contribution in [1.29, 1.82) is 0 Å². The van der Waals surface area contributed by atoms with Gasteiger partial charge < -0.3 is 20.1 Å². The van der Waals surface area contributed by atoms with Crippen LogP contribution in [0.25, 0.3) is 0 Å². The normalized spacial score (nSPS) is 18.4. The standard InChI is InChI=1S/C13H26N2O3.C10H18O/c1-11(2)18-10-9-17-8-7-15-13(16)12-3-5-14-6-4-12;1-8(2)10(11)9-6-4-3-5-7-9/h11-12,14H,3-10H2,1-2H3,(H,15,16);8-9H,3-7H2,1-2H3. The van der Waals surface area contributed by atoms with Crippen LogP contribution in [0.15, 0.2) is 0 Å². The lowest BCUT2D eigenvalue weighted by molar-refractivity contribution is -0.127. The molecule has 1 aliphatic carbocycles. The molecule has 1 aliphatic heterocycles. The molecule has 2 fully saturated rings. The Labute approximate surface area is 177 Å². The molecule has 2 aliphatic rings. The van der Waals surface area contributed by atoms with Crippen LogP contribution in [0.4, 0.5) is 0 Å². The van der Waals surface area contributed by atoms with Gasteiger partial charge in [-0.25, -0.2) is 0 Å². The fraction of sp³-hybridized carbons (Fsp3) is 0.913. The zero-order valence-corrected chi connectivity index (χ0v) is 19.1. The number of piperidine rings is 1. The van der Waals surface area contributed by atoms with Crippen LogP contribution >= 0.6 is 0 Å². The molecule has 0 bridgehead atoms. The number of carbonyl (C=O) groups is 2. The SMILES string of the molecule is CC(C)C(=O)C1CCCCC1.CC(C)OCCOCCNC(=O)C1CCNCC1. The van der Waals surface area contributed by atoms with E-state index >= 15 is 0 Å². The summed E-state index contributed by atoms with van der Waals surface area (Å²) in [6, 6.07) is 0. The molecule has 1 heterocycles. The van der Waals surface area contributed by atoms with E-state index in [4.69, 9.17) is 9.47 Å². The van der Waals surface area contributed by atoms with Crippen LogP contribution in [-0.4, -0.2) is 57.2 Å². The van der Waals surface area contributed by atoms with Gasteiger partial charge >= 0.3 is 0 Å². The average Bonchev–Trinajstić information content (AvgIpc) is 2.73. The highest BCUT2D eigenvalue weighted by molar-refractivity contribution is 5.82. The number of rotatable bonds is 10. The van der Waals surface area contributed by atoms with Crippen molar-refractivity contribution in [2.24, 2.45) is 17.8 Å². The van der Waals surface area contributed by atoms with E-state index in [1.165, 1.54) is 19.3 Å². The molecule has 6 nitrogen and oxygen atoms in total. The Morgan fingerprint density at radius 1 is 0.897 bits per heavy atom. The molecule has 0 radical (unpaired) electrons. The van der Waals surface area contributed by atoms with Gasteiger partial charge in [0.2, 0.25) is 5.91 Å². The second kappa shape index (κ2) is 15.8. The molecule has 0 unspecified atom stereocenters. The summed E-state index contributed by atoms with van der Waals surface area (Å²) >= 11 is 0. The van der Waals surface area contributed by atoms with E-state index in [9.17, 15) is 9.59 Å². The Bertz CT molecular complexity index is 442. The quantitative estimate of drug-likeness (QED) is 0.538. The summed E-state index contributed by atoms with van der Waals surface area (Å²) < 4.78 is 10.7. The molecule has 1 saturated carbocycles. The zero-order chi connectivity index (χ0) is 21.5. The maximum Gasteiger partial charge on any atom is 0.223 e. The van der Waals surface area contributed by atoms with E-state index < -0.39 is 0 Å². The lowest BCUT2D eigenvalue weighted by Gasteiger charge is -2.21. The molecule has 0 aromatic heterocycles. The molecule has 29 heavy (non-hydrogen) atoms. The maximum absolute atomic E-state index is 11.8. The summed E-state index contributed by atoms with van der Waals surface area (Å²) in [4.78, 5) is 23.3. The Morgan fingerprint density at radius 2 is 1.55 bits per heavy atom. The van der Waals surface area contributed by atoms with Crippen LogP contribution in [0, 0.1) is 17.8 Å². The first-order valence-corrected chi connectivity index (χ1v) is 11.6. The number of hydrogen-bond donors (Lipinski definition) is 2. The molecule has 0 aromatic rings. The highest BCUT2D eigenvalue weighted by Crippen LogP contribution is 2.26. The topological polar surface area (TPSA) is 76.7 Å². The number of Topliss-reactive ketones (excluding diaryl/α,β-unsaturated/α-hetero) is 1.